The molecule has 3 aromatic heterocycles. The van der Waals surface area contributed by atoms with Gasteiger partial charge < -0.3 is 14.3 Å². The zero-order valence-electron chi connectivity index (χ0n) is 17.8. The summed E-state index contributed by atoms with van der Waals surface area (Å²) in [6.07, 6.45) is 7.24. The Morgan fingerprint density at radius 2 is 1.97 bits per heavy atom. The Labute approximate surface area is 199 Å². The molecule has 9 heteroatoms. The second kappa shape index (κ2) is 9.76. The van der Waals surface area contributed by atoms with E-state index < -0.39 is 0 Å². The van der Waals surface area contributed by atoms with Crippen molar-refractivity contribution in [1.82, 2.24) is 14.8 Å². The second-order valence-corrected chi connectivity index (χ2v) is 9.82. The van der Waals surface area contributed by atoms with Gasteiger partial charge in [-0.15, -0.1) is 21.5 Å². The minimum absolute atomic E-state index is 0.0313. The Hall–Kier alpha value is -3.17. The molecule has 0 bridgehead atoms. The summed E-state index contributed by atoms with van der Waals surface area (Å²) in [5.41, 5.74) is 2.39. The van der Waals surface area contributed by atoms with Crippen LogP contribution in [0.4, 0.5) is 5.00 Å². The van der Waals surface area contributed by atoms with Crippen LogP contribution in [0.5, 0.6) is 0 Å². The molecule has 1 aromatic carbocycles. The molecule has 0 aliphatic heterocycles. The lowest BCUT2D eigenvalue weighted by Gasteiger charge is -2.12. The van der Waals surface area contributed by atoms with Crippen molar-refractivity contribution in [3.05, 3.63) is 82.4 Å². The number of thiophene rings is 1. The molecule has 4 aromatic rings. The Bertz CT molecular complexity index is 1260. The lowest BCUT2D eigenvalue weighted by molar-refractivity contribution is -0.113. The van der Waals surface area contributed by atoms with Crippen LogP contribution in [0.1, 0.15) is 45.0 Å². The van der Waals surface area contributed by atoms with E-state index in [1.54, 1.807) is 12.6 Å². The number of aryl methyl sites for hydroxylation is 1. The molecule has 0 saturated carbocycles. The van der Waals surface area contributed by atoms with Crippen LogP contribution >= 0.6 is 23.1 Å². The average molecular weight is 479 g/mol. The fourth-order valence-electron chi connectivity index (χ4n) is 3.96. The van der Waals surface area contributed by atoms with Crippen molar-refractivity contribution in [2.45, 2.75) is 37.4 Å². The van der Waals surface area contributed by atoms with Crippen LogP contribution in [0.3, 0.4) is 0 Å². The van der Waals surface area contributed by atoms with Gasteiger partial charge in [-0.05, 0) is 43.4 Å². The third-order valence-corrected chi connectivity index (χ3v) is 7.69. The summed E-state index contributed by atoms with van der Waals surface area (Å²) < 4.78 is 7.22. The fraction of sp³-hybridized carbons (Fsp3) is 0.250. The number of amides is 1. The molecule has 168 valence electrons. The van der Waals surface area contributed by atoms with Crippen LogP contribution in [0.15, 0.2) is 64.6 Å². The van der Waals surface area contributed by atoms with Crippen molar-refractivity contribution in [3.63, 3.8) is 0 Å². The lowest BCUT2D eigenvalue weighted by Crippen LogP contribution is -2.17. The standard InChI is InChI=1S/C24H22N4O3S2/c29-20(14-32-24-27-25-15-28(24)13-17-9-6-12-31-17)26-23-21(18-10-4-5-11-19(18)33-23)22(30)16-7-2-1-3-8-16/h1-3,6-9,12,15H,4-5,10-11,13-14H2,(H,26,29). The number of nitrogens with zero attached hydrogens (tertiary/aromatic N) is 3. The summed E-state index contributed by atoms with van der Waals surface area (Å²) in [6, 6.07) is 13.0. The van der Waals surface area contributed by atoms with Crippen LogP contribution in [0.25, 0.3) is 0 Å². The minimum atomic E-state index is -0.173. The summed E-state index contributed by atoms with van der Waals surface area (Å²) in [4.78, 5) is 27.4. The van der Waals surface area contributed by atoms with E-state index in [-0.39, 0.29) is 17.4 Å². The predicted octanol–water partition coefficient (Wildman–Crippen LogP) is 4.82. The number of rotatable bonds is 8. The number of carbonyl (C=O) groups excluding carboxylic acids is 2. The number of nitrogens with one attached hydrogen (secondary N) is 1. The number of aromatic nitrogens is 3. The van der Waals surface area contributed by atoms with Crippen LogP contribution in [0.2, 0.25) is 0 Å². The third-order valence-electron chi connectivity index (χ3n) is 5.51. The average Bonchev–Trinajstić information content (AvgIpc) is 3.58. The Balaban J connectivity index is 1.31. The first-order valence-corrected chi connectivity index (χ1v) is 12.6. The molecule has 1 aliphatic rings. The SMILES string of the molecule is O=C(CSc1nncn1Cc1ccco1)Nc1sc2c(c1C(=O)c1ccccc1)CCCC2. The number of anilines is 1. The van der Waals surface area contributed by atoms with Crippen LogP contribution < -0.4 is 5.32 Å². The molecule has 0 saturated heterocycles. The van der Waals surface area contributed by atoms with Gasteiger partial charge in [0.25, 0.3) is 0 Å². The number of fused-ring (bicyclic) bond motifs is 1. The predicted molar refractivity (Wildman–Crippen MR) is 128 cm³/mol. The monoisotopic (exact) mass is 478 g/mol. The maximum Gasteiger partial charge on any atom is 0.235 e. The van der Waals surface area contributed by atoms with Crippen LogP contribution in [0, 0.1) is 0 Å². The highest BCUT2D eigenvalue weighted by atomic mass is 32.2. The van der Waals surface area contributed by atoms with Crippen LogP contribution in [-0.2, 0) is 24.2 Å². The van der Waals surface area contributed by atoms with E-state index in [0.29, 0.717) is 27.8 Å². The van der Waals surface area contributed by atoms with E-state index in [1.807, 2.05) is 47.0 Å². The van der Waals surface area contributed by atoms with Gasteiger partial charge in [-0.1, -0.05) is 42.1 Å². The van der Waals surface area contributed by atoms with E-state index in [0.717, 1.165) is 37.0 Å². The van der Waals surface area contributed by atoms with E-state index in [1.165, 1.54) is 28.0 Å². The van der Waals surface area contributed by atoms with Gasteiger partial charge in [0, 0.05) is 10.4 Å². The van der Waals surface area contributed by atoms with Gasteiger partial charge in [0.2, 0.25) is 5.91 Å². The summed E-state index contributed by atoms with van der Waals surface area (Å²) >= 11 is 2.84. The van der Waals surface area contributed by atoms with Gasteiger partial charge in [-0.2, -0.15) is 0 Å². The lowest BCUT2D eigenvalue weighted by atomic mass is 9.92. The van der Waals surface area contributed by atoms with Crippen molar-refractivity contribution >= 4 is 39.8 Å². The molecular formula is C24H22N4O3S2. The number of ketones is 1. The highest BCUT2D eigenvalue weighted by molar-refractivity contribution is 7.99. The first kappa shape index (κ1) is 21.7. The quantitative estimate of drug-likeness (QED) is 0.288. The Kier molecular flexibility index (Phi) is 6.41. The molecule has 5 rings (SSSR count). The molecule has 7 nitrogen and oxygen atoms in total. The van der Waals surface area contributed by atoms with Crippen molar-refractivity contribution in [2.75, 3.05) is 11.1 Å². The number of furan rings is 1. The van der Waals surface area contributed by atoms with Crippen molar-refractivity contribution < 1.29 is 14.0 Å². The zero-order chi connectivity index (χ0) is 22.6. The Morgan fingerprint density at radius 1 is 1.12 bits per heavy atom. The van der Waals surface area contributed by atoms with Gasteiger partial charge in [0.05, 0.1) is 24.1 Å². The van der Waals surface area contributed by atoms with Crippen molar-refractivity contribution in [3.8, 4) is 0 Å². The summed E-state index contributed by atoms with van der Waals surface area (Å²) in [7, 11) is 0. The Morgan fingerprint density at radius 3 is 2.79 bits per heavy atom. The molecule has 0 unspecified atom stereocenters. The zero-order valence-corrected chi connectivity index (χ0v) is 19.5. The molecule has 3 heterocycles. The third kappa shape index (κ3) is 4.79. The number of benzene rings is 1. The molecule has 33 heavy (non-hydrogen) atoms. The molecule has 1 N–H and O–H groups in total. The van der Waals surface area contributed by atoms with E-state index in [9.17, 15) is 9.59 Å². The molecule has 0 fully saturated rings. The number of hydrogen-bond acceptors (Lipinski definition) is 7. The highest BCUT2D eigenvalue weighted by Crippen LogP contribution is 2.39. The second-order valence-electron chi connectivity index (χ2n) is 7.77. The fourth-order valence-corrected chi connectivity index (χ4v) is 5.97. The van der Waals surface area contributed by atoms with E-state index in [2.05, 4.69) is 15.5 Å². The van der Waals surface area contributed by atoms with Gasteiger partial charge in [0.1, 0.15) is 17.1 Å². The van der Waals surface area contributed by atoms with Gasteiger partial charge in [0.15, 0.2) is 10.9 Å². The number of thioether (sulfide) groups is 1. The minimum Gasteiger partial charge on any atom is -0.467 e. The smallest absolute Gasteiger partial charge is 0.235 e. The molecule has 0 radical (unpaired) electrons. The summed E-state index contributed by atoms with van der Waals surface area (Å²) in [5.74, 6) is 0.747. The van der Waals surface area contributed by atoms with Crippen molar-refractivity contribution in [1.29, 1.82) is 0 Å². The highest BCUT2D eigenvalue weighted by Gasteiger charge is 2.27. The van der Waals surface area contributed by atoms with E-state index in [4.69, 9.17) is 4.42 Å². The normalized spacial score (nSPS) is 13.0. The molecule has 0 spiro atoms. The molecule has 0 atom stereocenters. The maximum atomic E-state index is 13.3. The number of hydrogen-bond donors (Lipinski definition) is 1. The van der Waals surface area contributed by atoms with E-state index >= 15 is 0 Å². The first-order chi connectivity index (χ1) is 16.2. The molecule has 1 amide bonds. The van der Waals surface area contributed by atoms with Gasteiger partial charge >= 0.3 is 0 Å². The first-order valence-electron chi connectivity index (χ1n) is 10.8. The van der Waals surface area contributed by atoms with Gasteiger partial charge in [-0.3, -0.25) is 9.59 Å². The van der Waals surface area contributed by atoms with Crippen LogP contribution in [-0.4, -0.2) is 32.2 Å². The number of carbonyl (C=O) groups is 2. The maximum absolute atomic E-state index is 13.3. The van der Waals surface area contributed by atoms with Gasteiger partial charge in [-0.25, -0.2) is 0 Å². The largest absolute Gasteiger partial charge is 0.467 e. The molecular weight excluding hydrogens is 456 g/mol. The molecule has 1 aliphatic carbocycles. The summed E-state index contributed by atoms with van der Waals surface area (Å²) in [5, 5.41) is 12.4. The van der Waals surface area contributed by atoms with Crippen molar-refractivity contribution in [2.24, 2.45) is 0 Å². The topological polar surface area (TPSA) is 90.0 Å². The summed E-state index contributed by atoms with van der Waals surface area (Å²) in [6.45, 7) is 0.497.